The maximum absolute atomic E-state index is 12.9. The maximum atomic E-state index is 12.9. The predicted molar refractivity (Wildman–Crippen MR) is 118 cm³/mol. The Morgan fingerprint density at radius 1 is 0.967 bits per heavy atom. The smallest absolute Gasteiger partial charge is 0.251 e. The van der Waals surface area contributed by atoms with Crippen LogP contribution >= 0.6 is 0 Å². The maximum Gasteiger partial charge on any atom is 0.251 e. The van der Waals surface area contributed by atoms with E-state index in [9.17, 15) is 13.2 Å². The van der Waals surface area contributed by atoms with Crippen molar-refractivity contribution in [2.24, 2.45) is 0 Å². The van der Waals surface area contributed by atoms with Crippen LogP contribution in [0.3, 0.4) is 0 Å². The number of benzene rings is 2. The van der Waals surface area contributed by atoms with E-state index in [-0.39, 0.29) is 10.8 Å². The lowest BCUT2D eigenvalue weighted by Crippen LogP contribution is -2.32. The molecule has 1 aliphatic rings. The zero-order valence-corrected chi connectivity index (χ0v) is 17.7. The van der Waals surface area contributed by atoms with Crippen molar-refractivity contribution in [2.75, 3.05) is 19.6 Å². The van der Waals surface area contributed by atoms with Gasteiger partial charge in [0.25, 0.3) is 5.91 Å². The van der Waals surface area contributed by atoms with Crippen molar-refractivity contribution < 1.29 is 13.2 Å². The molecule has 1 saturated heterocycles. The number of aromatic amines is 1. The highest BCUT2D eigenvalue weighted by atomic mass is 32.2. The molecule has 3 aromatic rings. The van der Waals surface area contributed by atoms with Crippen LogP contribution in [0.25, 0.3) is 10.9 Å². The van der Waals surface area contributed by atoms with Crippen LogP contribution in [0, 0.1) is 0 Å². The average Bonchev–Trinajstić information content (AvgIpc) is 2.97. The van der Waals surface area contributed by atoms with E-state index in [1.807, 2.05) is 24.4 Å². The molecule has 2 N–H and O–H groups in total. The summed E-state index contributed by atoms with van der Waals surface area (Å²) in [6, 6.07) is 14.3. The molecule has 1 aliphatic heterocycles. The summed E-state index contributed by atoms with van der Waals surface area (Å²) in [5, 5.41) is 4.08. The first-order valence-corrected chi connectivity index (χ1v) is 11.9. The van der Waals surface area contributed by atoms with Gasteiger partial charge in [-0.15, -0.1) is 0 Å². The van der Waals surface area contributed by atoms with Gasteiger partial charge < -0.3 is 10.3 Å². The summed E-state index contributed by atoms with van der Waals surface area (Å²) in [6.45, 7) is 1.64. The van der Waals surface area contributed by atoms with Gasteiger partial charge in [-0.25, -0.2) is 8.42 Å². The standard InChI is InChI=1S/C23H27N3O3S/c27-23(24-14-13-19-17-25-22-8-4-3-7-21(19)22)18-9-11-20(12-10-18)30(28,29)26-15-5-1-2-6-16-26/h3-4,7-12,17,25H,1-2,5-6,13-16H2,(H,24,27). The Balaban J connectivity index is 1.37. The molecule has 0 unspecified atom stereocenters. The molecule has 0 radical (unpaired) electrons. The third kappa shape index (κ3) is 4.42. The fourth-order valence-corrected chi connectivity index (χ4v) is 5.48. The summed E-state index contributed by atoms with van der Waals surface area (Å²) < 4.78 is 27.3. The number of H-pyrrole nitrogens is 1. The number of aromatic nitrogens is 1. The SMILES string of the molecule is O=C(NCCc1c[nH]c2ccccc12)c1ccc(S(=O)(=O)N2CCCCCC2)cc1. The van der Waals surface area contributed by atoms with Crippen LogP contribution in [-0.2, 0) is 16.4 Å². The van der Waals surface area contributed by atoms with E-state index in [2.05, 4.69) is 16.4 Å². The summed E-state index contributed by atoms with van der Waals surface area (Å²) in [4.78, 5) is 16.0. The van der Waals surface area contributed by atoms with Crippen LogP contribution < -0.4 is 5.32 Å². The van der Waals surface area contributed by atoms with E-state index in [0.29, 0.717) is 25.2 Å². The lowest BCUT2D eigenvalue weighted by atomic mass is 10.1. The molecule has 2 heterocycles. The van der Waals surface area contributed by atoms with Crippen molar-refractivity contribution in [3.63, 3.8) is 0 Å². The normalized spacial score (nSPS) is 15.7. The molecular formula is C23H27N3O3S. The summed E-state index contributed by atoms with van der Waals surface area (Å²) in [5.41, 5.74) is 2.70. The van der Waals surface area contributed by atoms with Crippen LogP contribution in [-0.4, -0.2) is 43.2 Å². The number of hydrogen-bond acceptors (Lipinski definition) is 3. The number of para-hydroxylation sites is 1. The van der Waals surface area contributed by atoms with Crippen molar-refractivity contribution in [1.29, 1.82) is 0 Å². The second kappa shape index (κ2) is 9.02. The van der Waals surface area contributed by atoms with Crippen LogP contribution in [0.1, 0.15) is 41.6 Å². The molecule has 4 rings (SSSR count). The zero-order chi connectivity index (χ0) is 21.0. The van der Waals surface area contributed by atoms with Gasteiger partial charge in [0.2, 0.25) is 10.0 Å². The van der Waals surface area contributed by atoms with Gasteiger partial charge >= 0.3 is 0 Å². The van der Waals surface area contributed by atoms with Crippen molar-refractivity contribution in [1.82, 2.24) is 14.6 Å². The summed E-state index contributed by atoms with van der Waals surface area (Å²) >= 11 is 0. The van der Waals surface area contributed by atoms with E-state index < -0.39 is 10.0 Å². The molecule has 0 atom stereocenters. The second-order valence-electron chi connectivity index (χ2n) is 7.71. The van der Waals surface area contributed by atoms with Gasteiger partial charge in [-0.1, -0.05) is 31.0 Å². The number of carbonyl (C=O) groups excluding carboxylic acids is 1. The van der Waals surface area contributed by atoms with Gasteiger partial charge in [-0.3, -0.25) is 4.79 Å². The van der Waals surface area contributed by atoms with E-state index >= 15 is 0 Å². The van der Waals surface area contributed by atoms with E-state index in [0.717, 1.165) is 48.6 Å². The Hall–Kier alpha value is -2.64. The van der Waals surface area contributed by atoms with Gasteiger partial charge in [-0.2, -0.15) is 4.31 Å². The van der Waals surface area contributed by atoms with E-state index in [1.165, 1.54) is 12.1 Å². The minimum absolute atomic E-state index is 0.200. The van der Waals surface area contributed by atoms with E-state index in [4.69, 9.17) is 0 Å². The molecule has 1 fully saturated rings. The average molecular weight is 426 g/mol. The molecule has 30 heavy (non-hydrogen) atoms. The number of fused-ring (bicyclic) bond motifs is 1. The first-order chi connectivity index (χ1) is 14.6. The molecule has 1 amide bonds. The second-order valence-corrected chi connectivity index (χ2v) is 9.65. The molecule has 6 nitrogen and oxygen atoms in total. The summed E-state index contributed by atoms with van der Waals surface area (Å²) in [6.07, 6.45) is 6.64. The molecule has 1 aromatic heterocycles. The first kappa shape index (κ1) is 20.6. The van der Waals surface area contributed by atoms with Gasteiger partial charge in [-0.05, 0) is 55.2 Å². The quantitative estimate of drug-likeness (QED) is 0.632. The third-order valence-corrected chi connectivity index (χ3v) is 7.59. The highest BCUT2D eigenvalue weighted by molar-refractivity contribution is 7.89. The molecule has 2 aromatic carbocycles. The Morgan fingerprint density at radius 3 is 2.40 bits per heavy atom. The molecule has 0 bridgehead atoms. The summed E-state index contributed by atoms with van der Waals surface area (Å²) in [7, 11) is -3.50. The van der Waals surface area contributed by atoms with Gasteiger partial charge in [0, 0.05) is 42.3 Å². The van der Waals surface area contributed by atoms with Crippen LogP contribution in [0.15, 0.2) is 59.6 Å². The molecule has 0 saturated carbocycles. The third-order valence-electron chi connectivity index (χ3n) is 5.67. The topological polar surface area (TPSA) is 82.3 Å². The Kier molecular flexibility index (Phi) is 6.20. The molecule has 158 valence electrons. The number of rotatable bonds is 6. The van der Waals surface area contributed by atoms with E-state index in [1.54, 1.807) is 16.4 Å². The Morgan fingerprint density at radius 2 is 1.67 bits per heavy atom. The number of amides is 1. The Bertz CT molecular complexity index is 1110. The number of nitrogens with one attached hydrogen (secondary N) is 2. The fourth-order valence-electron chi connectivity index (χ4n) is 3.96. The molecule has 7 heteroatoms. The lowest BCUT2D eigenvalue weighted by molar-refractivity contribution is 0.0954. The van der Waals surface area contributed by atoms with Crippen molar-refractivity contribution in [3.8, 4) is 0 Å². The highest BCUT2D eigenvalue weighted by Gasteiger charge is 2.25. The van der Waals surface area contributed by atoms with Crippen molar-refractivity contribution >= 4 is 26.8 Å². The monoisotopic (exact) mass is 425 g/mol. The van der Waals surface area contributed by atoms with Crippen LogP contribution in [0.5, 0.6) is 0 Å². The number of hydrogen-bond donors (Lipinski definition) is 2. The minimum atomic E-state index is -3.50. The zero-order valence-electron chi connectivity index (χ0n) is 16.9. The van der Waals surface area contributed by atoms with Crippen LogP contribution in [0.4, 0.5) is 0 Å². The molecule has 0 spiro atoms. The van der Waals surface area contributed by atoms with Gasteiger partial charge in [0.15, 0.2) is 0 Å². The first-order valence-electron chi connectivity index (χ1n) is 10.5. The van der Waals surface area contributed by atoms with Crippen molar-refractivity contribution in [2.45, 2.75) is 37.0 Å². The molecular weight excluding hydrogens is 398 g/mol. The highest BCUT2D eigenvalue weighted by Crippen LogP contribution is 2.21. The number of nitrogens with zero attached hydrogens (tertiary/aromatic N) is 1. The van der Waals surface area contributed by atoms with Crippen LogP contribution in [0.2, 0.25) is 0 Å². The van der Waals surface area contributed by atoms with Gasteiger partial charge in [0.05, 0.1) is 4.90 Å². The minimum Gasteiger partial charge on any atom is -0.361 e. The lowest BCUT2D eigenvalue weighted by Gasteiger charge is -2.20. The number of sulfonamides is 1. The molecule has 0 aliphatic carbocycles. The number of carbonyl (C=O) groups is 1. The predicted octanol–water partition coefficient (Wildman–Crippen LogP) is 3.71. The fraction of sp³-hybridized carbons (Fsp3) is 0.348. The van der Waals surface area contributed by atoms with Gasteiger partial charge in [0.1, 0.15) is 0 Å². The Labute approximate surface area is 177 Å². The summed E-state index contributed by atoms with van der Waals surface area (Å²) in [5.74, 6) is -0.200. The van der Waals surface area contributed by atoms with Crippen molar-refractivity contribution in [3.05, 3.63) is 65.9 Å². The largest absolute Gasteiger partial charge is 0.361 e.